The van der Waals surface area contributed by atoms with Crippen molar-refractivity contribution in [3.05, 3.63) is 48.3 Å². The van der Waals surface area contributed by atoms with Gasteiger partial charge in [0, 0.05) is 31.4 Å². The summed E-state index contributed by atoms with van der Waals surface area (Å²) >= 11 is 0. The fraction of sp³-hybridized carbons (Fsp3) is 0.455. The summed E-state index contributed by atoms with van der Waals surface area (Å²) < 4.78 is 33.2. The fourth-order valence-electron chi connectivity index (χ4n) is 4.07. The molecule has 2 heterocycles. The van der Waals surface area contributed by atoms with Crippen LogP contribution in [-0.4, -0.2) is 43.8 Å². The van der Waals surface area contributed by atoms with Crippen LogP contribution in [0, 0.1) is 5.92 Å². The Kier molecular flexibility index (Phi) is 6.06. The third kappa shape index (κ3) is 4.34. The average Bonchev–Trinajstić information content (AvgIpc) is 3.58. The number of carbonyl (C=O) groups is 1. The van der Waals surface area contributed by atoms with Gasteiger partial charge in [0.2, 0.25) is 15.9 Å². The maximum atomic E-state index is 13.1. The number of rotatable bonds is 6. The van der Waals surface area contributed by atoms with Crippen LogP contribution in [0.4, 0.5) is 5.69 Å². The number of amides is 1. The van der Waals surface area contributed by atoms with E-state index in [0.717, 1.165) is 37.7 Å². The molecule has 2 aliphatic rings. The maximum Gasteiger partial charge on any atom is 0.243 e. The number of aromatic nitrogens is 1. The number of nitrogens with zero attached hydrogens (tertiary/aromatic N) is 2. The number of anilines is 1. The highest BCUT2D eigenvalue weighted by molar-refractivity contribution is 7.89. The largest absolute Gasteiger partial charge is 0.495 e. The molecule has 2 aromatic rings. The van der Waals surface area contributed by atoms with Crippen molar-refractivity contribution >= 4 is 21.6 Å². The molecule has 4 rings (SSSR count). The molecule has 1 aliphatic carbocycles. The van der Waals surface area contributed by atoms with Gasteiger partial charge in [-0.15, -0.1) is 0 Å². The van der Waals surface area contributed by atoms with Gasteiger partial charge in [0.15, 0.2) is 0 Å². The molecule has 8 heteroatoms. The van der Waals surface area contributed by atoms with E-state index in [1.165, 1.54) is 13.2 Å². The molecule has 2 atom stereocenters. The summed E-state index contributed by atoms with van der Waals surface area (Å²) in [6.07, 6.45) is 8.07. The molecule has 0 bridgehead atoms. The number of carbonyl (C=O) groups excluding carboxylic acids is 1. The zero-order valence-electron chi connectivity index (χ0n) is 17.1. The van der Waals surface area contributed by atoms with Crippen molar-refractivity contribution in [2.75, 3.05) is 25.5 Å². The SMILES string of the molecule is COc1ccc(S(=O)(=O)N2CCCCCC2)cc1NC(=O)[C@H]1C[C@@H]1c1ccncc1. The number of nitrogens with one attached hydrogen (secondary N) is 1. The van der Waals surface area contributed by atoms with Gasteiger partial charge in [-0.25, -0.2) is 8.42 Å². The van der Waals surface area contributed by atoms with Crippen LogP contribution in [-0.2, 0) is 14.8 Å². The molecule has 0 spiro atoms. The number of hydrogen-bond acceptors (Lipinski definition) is 5. The monoisotopic (exact) mass is 429 g/mol. The van der Waals surface area contributed by atoms with E-state index in [9.17, 15) is 13.2 Å². The molecule has 30 heavy (non-hydrogen) atoms. The Morgan fingerprint density at radius 2 is 1.80 bits per heavy atom. The summed E-state index contributed by atoms with van der Waals surface area (Å²) in [5.41, 5.74) is 1.48. The molecule has 1 amide bonds. The minimum Gasteiger partial charge on any atom is -0.495 e. The predicted octanol–water partition coefficient (Wildman–Crippen LogP) is 3.40. The van der Waals surface area contributed by atoms with E-state index in [0.29, 0.717) is 24.5 Å². The van der Waals surface area contributed by atoms with Crippen molar-refractivity contribution in [2.24, 2.45) is 5.92 Å². The lowest BCUT2D eigenvalue weighted by Crippen LogP contribution is -2.32. The lowest BCUT2D eigenvalue weighted by atomic mass is 10.1. The van der Waals surface area contributed by atoms with Crippen molar-refractivity contribution in [3.8, 4) is 5.75 Å². The van der Waals surface area contributed by atoms with E-state index >= 15 is 0 Å². The summed E-state index contributed by atoms with van der Waals surface area (Å²) in [6, 6.07) is 8.51. The van der Waals surface area contributed by atoms with Crippen LogP contribution >= 0.6 is 0 Å². The van der Waals surface area contributed by atoms with Crippen molar-refractivity contribution in [1.82, 2.24) is 9.29 Å². The first-order valence-corrected chi connectivity index (χ1v) is 11.8. The smallest absolute Gasteiger partial charge is 0.243 e. The third-order valence-corrected chi connectivity index (χ3v) is 7.79. The normalized spacial score (nSPS) is 22.2. The summed E-state index contributed by atoms with van der Waals surface area (Å²) in [5, 5.41) is 2.89. The molecular formula is C22H27N3O4S. The van der Waals surface area contributed by atoms with Crippen LogP contribution in [0.15, 0.2) is 47.6 Å². The minimum atomic E-state index is -3.61. The summed E-state index contributed by atoms with van der Waals surface area (Å²) in [4.78, 5) is 17.0. The molecule has 7 nitrogen and oxygen atoms in total. The molecule has 160 valence electrons. The van der Waals surface area contributed by atoms with E-state index in [2.05, 4.69) is 10.3 Å². The van der Waals surface area contributed by atoms with Crippen molar-refractivity contribution in [3.63, 3.8) is 0 Å². The van der Waals surface area contributed by atoms with Crippen LogP contribution in [0.5, 0.6) is 5.75 Å². The summed E-state index contributed by atoms with van der Waals surface area (Å²) in [5.74, 6) is 0.352. The molecule has 1 aromatic heterocycles. The van der Waals surface area contributed by atoms with Gasteiger partial charge < -0.3 is 10.1 Å². The van der Waals surface area contributed by atoms with Gasteiger partial charge in [-0.3, -0.25) is 9.78 Å². The number of sulfonamides is 1. The molecule has 0 radical (unpaired) electrons. The summed E-state index contributed by atoms with van der Waals surface area (Å²) in [7, 11) is -2.10. The molecule has 1 N–H and O–H groups in total. The number of pyridine rings is 1. The first-order chi connectivity index (χ1) is 14.5. The molecule has 1 saturated heterocycles. The predicted molar refractivity (Wildman–Crippen MR) is 114 cm³/mol. The highest BCUT2D eigenvalue weighted by Gasteiger charge is 2.44. The average molecular weight is 430 g/mol. The standard InChI is InChI=1S/C22H27N3O4S/c1-29-21-7-6-17(30(27,28)25-12-4-2-3-5-13-25)14-20(21)24-22(26)19-15-18(19)16-8-10-23-11-9-16/h6-11,14,18-19H,2-5,12-13,15H2,1H3,(H,24,26)/t18-,19+/m1/s1. The second kappa shape index (κ2) is 8.73. The fourth-order valence-corrected chi connectivity index (χ4v) is 5.61. The summed E-state index contributed by atoms with van der Waals surface area (Å²) in [6.45, 7) is 1.07. The molecule has 0 unspecified atom stereocenters. The van der Waals surface area contributed by atoms with Gasteiger partial charge in [-0.05, 0) is 61.1 Å². The zero-order chi connectivity index (χ0) is 21.1. The van der Waals surface area contributed by atoms with Gasteiger partial charge in [0.1, 0.15) is 5.75 Å². The number of benzene rings is 1. The topological polar surface area (TPSA) is 88.6 Å². The highest BCUT2D eigenvalue weighted by Crippen LogP contribution is 2.48. The number of methoxy groups -OCH3 is 1. The second-order valence-corrected chi connectivity index (χ2v) is 9.84. The Morgan fingerprint density at radius 1 is 1.10 bits per heavy atom. The van der Waals surface area contributed by atoms with Gasteiger partial charge in [0.25, 0.3) is 0 Å². The van der Waals surface area contributed by atoms with Crippen LogP contribution < -0.4 is 10.1 Å². The third-order valence-electron chi connectivity index (χ3n) is 5.89. The van der Waals surface area contributed by atoms with E-state index in [1.54, 1.807) is 28.8 Å². The van der Waals surface area contributed by atoms with Crippen LogP contribution in [0.1, 0.15) is 43.6 Å². The van der Waals surface area contributed by atoms with Crippen molar-refractivity contribution < 1.29 is 17.9 Å². The number of ether oxygens (including phenoxy) is 1. The Labute approximate surface area is 177 Å². The Bertz CT molecular complexity index is 1000. The molecular weight excluding hydrogens is 402 g/mol. The van der Waals surface area contributed by atoms with Crippen molar-refractivity contribution in [1.29, 1.82) is 0 Å². The molecule has 1 aromatic carbocycles. The Balaban J connectivity index is 1.52. The maximum absolute atomic E-state index is 13.1. The highest BCUT2D eigenvalue weighted by atomic mass is 32.2. The van der Waals surface area contributed by atoms with E-state index in [4.69, 9.17) is 4.74 Å². The second-order valence-electron chi connectivity index (χ2n) is 7.90. The van der Waals surface area contributed by atoms with Gasteiger partial charge in [-0.1, -0.05) is 12.8 Å². The molecule has 1 aliphatic heterocycles. The van der Waals surface area contributed by atoms with Gasteiger partial charge in [-0.2, -0.15) is 4.31 Å². The quantitative estimate of drug-likeness (QED) is 0.760. The first kappa shape index (κ1) is 20.8. The minimum absolute atomic E-state index is 0.126. The van der Waals surface area contributed by atoms with E-state index < -0.39 is 10.0 Å². The molecule has 1 saturated carbocycles. The van der Waals surface area contributed by atoms with Crippen LogP contribution in [0.3, 0.4) is 0 Å². The van der Waals surface area contributed by atoms with Gasteiger partial charge >= 0.3 is 0 Å². The zero-order valence-corrected chi connectivity index (χ0v) is 17.9. The van der Waals surface area contributed by atoms with E-state index in [1.807, 2.05) is 12.1 Å². The first-order valence-electron chi connectivity index (χ1n) is 10.4. The molecule has 2 fully saturated rings. The van der Waals surface area contributed by atoms with Crippen molar-refractivity contribution in [2.45, 2.75) is 42.9 Å². The Hall–Kier alpha value is -2.45. The van der Waals surface area contributed by atoms with Crippen LogP contribution in [0.25, 0.3) is 0 Å². The number of hydrogen-bond donors (Lipinski definition) is 1. The lowest BCUT2D eigenvalue weighted by Gasteiger charge is -2.21. The lowest BCUT2D eigenvalue weighted by molar-refractivity contribution is -0.117. The Morgan fingerprint density at radius 3 is 2.47 bits per heavy atom. The van der Waals surface area contributed by atoms with Crippen LogP contribution in [0.2, 0.25) is 0 Å². The van der Waals surface area contributed by atoms with E-state index in [-0.39, 0.29) is 22.6 Å². The van der Waals surface area contributed by atoms with Gasteiger partial charge in [0.05, 0.1) is 17.7 Å².